The van der Waals surface area contributed by atoms with Crippen molar-refractivity contribution in [3.8, 4) is 5.69 Å². The molecule has 2 heterocycles. The van der Waals surface area contributed by atoms with Crippen LogP contribution in [0.3, 0.4) is 0 Å². The van der Waals surface area contributed by atoms with Crippen molar-refractivity contribution in [2.45, 2.75) is 25.2 Å². The molecule has 5 rings (SSSR count). The van der Waals surface area contributed by atoms with Crippen LogP contribution >= 0.6 is 22.9 Å². The number of aryl methyl sites for hydroxylation is 1. The van der Waals surface area contributed by atoms with Gasteiger partial charge in [0.1, 0.15) is 6.33 Å². The van der Waals surface area contributed by atoms with Gasteiger partial charge in [0.2, 0.25) is 5.91 Å². The Balaban J connectivity index is 1.29. The number of carbonyl (C=O) groups is 2. The largest absolute Gasteiger partial charge is 0.326 e. The molecule has 0 radical (unpaired) electrons. The lowest BCUT2D eigenvalue weighted by atomic mass is 9.90. The van der Waals surface area contributed by atoms with Gasteiger partial charge in [0, 0.05) is 21.2 Å². The number of benzene rings is 2. The topological polar surface area (TPSA) is 115 Å². The Labute approximate surface area is 197 Å². The number of tetrazole rings is 1. The van der Waals surface area contributed by atoms with E-state index in [0.717, 1.165) is 29.1 Å². The van der Waals surface area contributed by atoms with Gasteiger partial charge in [-0.3, -0.25) is 14.9 Å². The normalized spacial score (nSPS) is 15.0. The Morgan fingerprint density at radius 2 is 1.85 bits per heavy atom. The summed E-state index contributed by atoms with van der Waals surface area (Å²) >= 11 is 7.31. The third-order valence-electron chi connectivity index (χ3n) is 5.35. The van der Waals surface area contributed by atoms with E-state index in [0.29, 0.717) is 27.8 Å². The molecule has 2 aromatic carbocycles. The fourth-order valence-corrected chi connectivity index (χ4v) is 4.89. The van der Waals surface area contributed by atoms with Gasteiger partial charge in [-0.15, -0.1) is 16.4 Å². The standard InChI is InChI=1S/C22H18ClN7O2S/c23-14-6-4-13(5-7-14)20(31)27-22-26-19-17(2-1-3-18(19)33-22)21(32)25-15-8-10-16(11-9-15)30-12-24-28-29-30/h4-12,17H,1-3H2,(H,25,32)(H,26,27,31). The lowest BCUT2D eigenvalue weighted by Crippen LogP contribution is -2.24. The molecule has 1 aliphatic rings. The molecule has 0 fully saturated rings. The van der Waals surface area contributed by atoms with Gasteiger partial charge in [0.05, 0.1) is 17.3 Å². The summed E-state index contributed by atoms with van der Waals surface area (Å²) in [7, 11) is 0. The first-order valence-corrected chi connectivity index (χ1v) is 11.5. The number of halogens is 1. The molecule has 2 aromatic heterocycles. The molecular weight excluding hydrogens is 462 g/mol. The maximum Gasteiger partial charge on any atom is 0.257 e. The molecular formula is C22H18ClN7O2S. The van der Waals surface area contributed by atoms with E-state index in [2.05, 4.69) is 31.1 Å². The summed E-state index contributed by atoms with van der Waals surface area (Å²) in [5.41, 5.74) is 2.70. The van der Waals surface area contributed by atoms with Crippen molar-refractivity contribution >= 4 is 45.6 Å². The van der Waals surface area contributed by atoms with Gasteiger partial charge in [-0.2, -0.15) is 0 Å². The minimum Gasteiger partial charge on any atom is -0.326 e. The zero-order chi connectivity index (χ0) is 22.8. The van der Waals surface area contributed by atoms with E-state index >= 15 is 0 Å². The van der Waals surface area contributed by atoms with Crippen molar-refractivity contribution in [3.63, 3.8) is 0 Å². The second-order valence-electron chi connectivity index (χ2n) is 7.52. The lowest BCUT2D eigenvalue weighted by Gasteiger charge is -2.20. The van der Waals surface area contributed by atoms with E-state index in [4.69, 9.17) is 11.6 Å². The van der Waals surface area contributed by atoms with E-state index in [9.17, 15) is 9.59 Å². The Kier molecular flexibility index (Phi) is 5.84. The highest BCUT2D eigenvalue weighted by molar-refractivity contribution is 7.16. The van der Waals surface area contributed by atoms with Crippen LogP contribution in [-0.2, 0) is 11.2 Å². The van der Waals surface area contributed by atoms with Gasteiger partial charge >= 0.3 is 0 Å². The van der Waals surface area contributed by atoms with Crippen molar-refractivity contribution in [1.29, 1.82) is 0 Å². The van der Waals surface area contributed by atoms with Gasteiger partial charge in [-0.05, 0) is 78.2 Å². The molecule has 0 saturated carbocycles. The van der Waals surface area contributed by atoms with Crippen LogP contribution in [0.25, 0.3) is 5.69 Å². The van der Waals surface area contributed by atoms with Crippen molar-refractivity contribution in [3.05, 3.63) is 76.0 Å². The summed E-state index contributed by atoms with van der Waals surface area (Å²) in [6, 6.07) is 13.9. The van der Waals surface area contributed by atoms with Crippen molar-refractivity contribution < 1.29 is 9.59 Å². The lowest BCUT2D eigenvalue weighted by molar-refractivity contribution is -0.117. The SMILES string of the molecule is O=C(Nc1nc2c(s1)CCCC2C(=O)Nc1ccc(-n2cnnn2)cc1)c1ccc(Cl)cc1. The van der Waals surface area contributed by atoms with Crippen molar-refractivity contribution in [2.75, 3.05) is 10.6 Å². The summed E-state index contributed by atoms with van der Waals surface area (Å²) in [5, 5.41) is 17.9. The van der Waals surface area contributed by atoms with E-state index in [1.165, 1.54) is 22.3 Å². The number of anilines is 2. The summed E-state index contributed by atoms with van der Waals surface area (Å²) in [6.07, 6.45) is 3.93. The van der Waals surface area contributed by atoms with E-state index < -0.39 is 0 Å². The minimum atomic E-state index is -0.370. The van der Waals surface area contributed by atoms with Crippen LogP contribution in [-0.4, -0.2) is 37.0 Å². The third-order valence-corrected chi connectivity index (χ3v) is 6.64. The first kappa shape index (κ1) is 21.2. The first-order valence-electron chi connectivity index (χ1n) is 10.3. The number of thiazole rings is 1. The smallest absolute Gasteiger partial charge is 0.257 e. The van der Waals surface area contributed by atoms with Crippen LogP contribution in [0, 0.1) is 0 Å². The molecule has 11 heteroatoms. The maximum atomic E-state index is 13.0. The molecule has 166 valence electrons. The molecule has 1 aliphatic carbocycles. The molecule has 0 aliphatic heterocycles. The Hall–Kier alpha value is -3.63. The predicted octanol–water partition coefficient (Wildman–Crippen LogP) is 4.08. The number of nitrogens with one attached hydrogen (secondary N) is 2. The zero-order valence-electron chi connectivity index (χ0n) is 17.2. The number of fused-ring (bicyclic) bond motifs is 1. The molecule has 0 saturated heterocycles. The quantitative estimate of drug-likeness (QED) is 0.445. The fraction of sp³-hybridized carbons (Fsp3) is 0.182. The van der Waals surface area contributed by atoms with Gasteiger partial charge in [0.25, 0.3) is 5.91 Å². The van der Waals surface area contributed by atoms with Crippen LogP contribution in [0.2, 0.25) is 5.02 Å². The Morgan fingerprint density at radius 3 is 2.58 bits per heavy atom. The third kappa shape index (κ3) is 4.62. The molecule has 2 amide bonds. The van der Waals surface area contributed by atoms with E-state index in [1.807, 2.05) is 12.1 Å². The molecule has 4 aromatic rings. The maximum absolute atomic E-state index is 13.0. The number of nitrogens with zero attached hydrogens (tertiary/aromatic N) is 5. The highest BCUT2D eigenvalue weighted by Gasteiger charge is 2.30. The average molecular weight is 480 g/mol. The average Bonchev–Trinajstić information content (AvgIpc) is 3.49. The van der Waals surface area contributed by atoms with Crippen molar-refractivity contribution in [1.82, 2.24) is 25.2 Å². The predicted molar refractivity (Wildman–Crippen MR) is 125 cm³/mol. The molecule has 1 unspecified atom stereocenters. The monoisotopic (exact) mass is 479 g/mol. The van der Waals surface area contributed by atoms with Crippen LogP contribution < -0.4 is 10.6 Å². The number of carbonyl (C=O) groups excluding carboxylic acids is 2. The van der Waals surface area contributed by atoms with Gasteiger partial charge in [-0.25, -0.2) is 9.67 Å². The summed E-state index contributed by atoms with van der Waals surface area (Å²) < 4.78 is 1.54. The molecule has 0 bridgehead atoms. The number of rotatable bonds is 5. The highest BCUT2D eigenvalue weighted by Crippen LogP contribution is 2.37. The van der Waals surface area contributed by atoms with Gasteiger partial charge in [-0.1, -0.05) is 11.6 Å². The van der Waals surface area contributed by atoms with Crippen LogP contribution in [0.4, 0.5) is 10.8 Å². The summed E-state index contributed by atoms with van der Waals surface area (Å²) in [5.74, 6) is -0.751. The number of hydrogen-bond donors (Lipinski definition) is 2. The fourth-order valence-electron chi connectivity index (χ4n) is 3.70. The number of aromatic nitrogens is 5. The zero-order valence-corrected chi connectivity index (χ0v) is 18.8. The molecule has 9 nitrogen and oxygen atoms in total. The molecule has 33 heavy (non-hydrogen) atoms. The van der Waals surface area contributed by atoms with Crippen LogP contribution in [0.15, 0.2) is 54.9 Å². The first-order chi connectivity index (χ1) is 16.1. The van der Waals surface area contributed by atoms with E-state index in [-0.39, 0.29) is 17.7 Å². The van der Waals surface area contributed by atoms with Crippen molar-refractivity contribution in [2.24, 2.45) is 0 Å². The number of hydrogen-bond acceptors (Lipinski definition) is 7. The summed E-state index contributed by atoms with van der Waals surface area (Å²) in [4.78, 5) is 31.2. The molecule has 1 atom stereocenters. The van der Waals surface area contributed by atoms with E-state index in [1.54, 1.807) is 36.4 Å². The number of amides is 2. The Bertz CT molecular complexity index is 1290. The second-order valence-corrected chi connectivity index (χ2v) is 9.04. The second kappa shape index (κ2) is 9.08. The van der Waals surface area contributed by atoms with Crippen LogP contribution in [0.5, 0.6) is 0 Å². The highest BCUT2D eigenvalue weighted by atomic mass is 35.5. The van der Waals surface area contributed by atoms with Crippen LogP contribution in [0.1, 0.15) is 39.7 Å². The van der Waals surface area contributed by atoms with Gasteiger partial charge < -0.3 is 5.32 Å². The molecule has 2 N–H and O–H groups in total. The minimum absolute atomic E-state index is 0.119. The summed E-state index contributed by atoms with van der Waals surface area (Å²) in [6.45, 7) is 0. The molecule has 0 spiro atoms. The Morgan fingerprint density at radius 1 is 1.06 bits per heavy atom. The van der Waals surface area contributed by atoms with Gasteiger partial charge in [0.15, 0.2) is 5.13 Å².